The minimum absolute atomic E-state index is 0.0239. The van der Waals surface area contributed by atoms with Crippen molar-refractivity contribution in [1.29, 1.82) is 0 Å². The number of ketones is 1. The quantitative estimate of drug-likeness (QED) is 0.716. The number of likely N-dealkylation sites (N-methyl/N-ethyl adjacent to an activating group) is 1. The molecule has 2 rings (SSSR count). The average molecular weight is 228 g/mol. The normalized spacial score (nSPS) is 23.6. The molecule has 14 heavy (non-hydrogen) atoms. The summed E-state index contributed by atoms with van der Waals surface area (Å²) in [7, 11) is 2.01. The Morgan fingerprint density at radius 2 is 2.57 bits per heavy atom. The van der Waals surface area contributed by atoms with Crippen molar-refractivity contribution in [3.8, 4) is 0 Å². The highest BCUT2D eigenvalue weighted by Gasteiger charge is 2.27. The summed E-state index contributed by atoms with van der Waals surface area (Å²) in [4.78, 5) is 14.1. The second-order valence-electron chi connectivity index (χ2n) is 3.32. The van der Waals surface area contributed by atoms with E-state index in [-0.39, 0.29) is 11.8 Å². The van der Waals surface area contributed by atoms with Crippen LogP contribution in [-0.2, 0) is 0 Å². The molecule has 0 spiro atoms. The lowest BCUT2D eigenvalue weighted by atomic mass is 10.1. The summed E-state index contributed by atoms with van der Waals surface area (Å²) in [5.41, 5.74) is 0.620. The van der Waals surface area contributed by atoms with Crippen molar-refractivity contribution in [2.75, 3.05) is 25.1 Å². The second kappa shape index (κ2) is 4.42. The van der Waals surface area contributed by atoms with Gasteiger partial charge in [-0.2, -0.15) is 16.1 Å². The fourth-order valence-electron chi connectivity index (χ4n) is 1.47. The molecule has 1 atom stereocenters. The topological polar surface area (TPSA) is 33.2 Å². The Kier molecular flexibility index (Phi) is 3.20. The standard InChI is InChI=1S/C9H12N2OS2/c1-11-3-5-13-6-8(11)9(12)7-2-4-14-10-7/h2,4,8H,3,5-6H2,1H3. The summed E-state index contributed by atoms with van der Waals surface area (Å²) in [5, 5.41) is 1.85. The number of hydrogen-bond donors (Lipinski definition) is 0. The Hall–Kier alpha value is -0.390. The Morgan fingerprint density at radius 1 is 1.71 bits per heavy atom. The molecular weight excluding hydrogens is 216 g/mol. The largest absolute Gasteiger partial charge is 0.295 e. The zero-order valence-corrected chi connectivity index (χ0v) is 9.61. The Morgan fingerprint density at radius 3 is 3.21 bits per heavy atom. The third-order valence-corrected chi connectivity index (χ3v) is 3.97. The van der Waals surface area contributed by atoms with E-state index in [9.17, 15) is 4.79 Å². The monoisotopic (exact) mass is 228 g/mol. The van der Waals surface area contributed by atoms with Gasteiger partial charge in [0.05, 0.1) is 6.04 Å². The number of aromatic nitrogens is 1. The predicted molar refractivity (Wildman–Crippen MR) is 60.2 cm³/mol. The summed E-state index contributed by atoms with van der Waals surface area (Å²) in [5.74, 6) is 2.19. The van der Waals surface area contributed by atoms with Crippen LogP contribution in [0.4, 0.5) is 0 Å². The van der Waals surface area contributed by atoms with Crippen LogP contribution in [0.15, 0.2) is 11.4 Å². The number of carbonyl (C=O) groups excluding carboxylic acids is 1. The van der Waals surface area contributed by atoms with Gasteiger partial charge in [-0.25, -0.2) is 0 Å². The van der Waals surface area contributed by atoms with Crippen molar-refractivity contribution in [2.45, 2.75) is 6.04 Å². The number of thioether (sulfide) groups is 1. The SMILES string of the molecule is CN1CCSCC1C(=O)c1ccsn1. The maximum Gasteiger partial charge on any atom is 0.200 e. The van der Waals surface area contributed by atoms with Crippen molar-refractivity contribution in [1.82, 2.24) is 9.27 Å². The molecule has 1 aromatic heterocycles. The number of carbonyl (C=O) groups is 1. The first-order chi connectivity index (χ1) is 6.79. The molecule has 2 heterocycles. The average Bonchev–Trinajstić information content (AvgIpc) is 2.70. The molecule has 0 radical (unpaired) electrons. The lowest BCUT2D eigenvalue weighted by Gasteiger charge is -2.30. The van der Waals surface area contributed by atoms with E-state index in [0.29, 0.717) is 5.69 Å². The minimum Gasteiger partial charge on any atom is -0.295 e. The van der Waals surface area contributed by atoms with Crippen LogP contribution in [0.1, 0.15) is 10.5 Å². The molecule has 0 aromatic carbocycles. The Labute approximate surface area is 91.7 Å². The maximum atomic E-state index is 12.0. The van der Waals surface area contributed by atoms with Crippen LogP contribution in [0.5, 0.6) is 0 Å². The van der Waals surface area contributed by atoms with Gasteiger partial charge >= 0.3 is 0 Å². The van der Waals surface area contributed by atoms with Gasteiger partial charge in [0.1, 0.15) is 5.69 Å². The van der Waals surface area contributed by atoms with Gasteiger partial charge < -0.3 is 0 Å². The first kappa shape index (κ1) is 10.1. The van der Waals surface area contributed by atoms with Crippen LogP contribution in [0.3, 0.4) is 0 Å². The number of Topliss-reactive ketones (excluding diaryl/α,β-unsaturated/α-hetero) is 1. The fourth-order valence-corrected chi connectivity index (χ4v) is 3.20. The second-order valence-corrected chi connectivity index (χ2v) is 5.14. The van der Waals surface area contributed by atoms with Gasteiger partial charge in [0, 0.05) is 23.4 Å². The zero-order valence-electron chi connectivity index (χ0n) is 7.97. The molecule has 5 heteroatoms. The molecule has 1 aliphatic rings. The molecule has 1 aromatic rings. The summed E-state index contributed by atoms with van der Waals surface area (Å²) in [6.45, 7) is 0.991. The molecule has 1 aliphatic heterocycles. The first-order valence-corrected chi connectivity index (χ1v) is 6.51. The first-order valence-electron chi connectivity index (χ1n) is 4.51. The summed E-state index contributed by atoms with van der Waals surface area (Å²) in [6, 6.07) is 1.83. The fraction of sp³-hybridized carbons (Fsp3) is 0.556. The van der Waals surface area contributed by atoms with Crippen molar-refractivity contribution in [3.05, 3.63) is 17.1 Å². The van der Waals surface area contributed by atoms with Gasteiger partial charge in [-0.15, -0.1) is 0 Å². The molecule has 0 aliphatic carbocycles. The number of nitrogens with zero attached hydrogens (tertiary/aromatic N) is 2. The third kappa shape index (κ3) is 1.99. The molecule has 0 N–H and O–H groups in total. The van der Waals surface area contributed by atoms with Crippen molar-refractivity contribution in [2.24, 2.45) is 0 Å². The summed E-state index contributed by atoms with van der Waals surface area (Å²) >= 11 is 3.18. The van der Waals surface area contributed by atoms with Crippen molar-refractivity contribution in [3.63, 3.8) is 0 Å². The molecule has 3 nitrogen and oxygen atoms in total. The lowest BCUT2D eigenvalue weighted by molar-refractivity contribution is 0.0870. The lowest BCUT2D eigenvalue weighted by Crippen LogP contribution is -2.44. The van der Waals surface area contributed by atoms with Crippen LogP contribution in [0, 0.1) is 0 Å². The van der Waals surface area contributed by atoms with E-state index < -0.39 is 0 Å². The summed E-state index contributed by atoms with van der Waals surface area (Å²) in [6.07, 6.45) is 0. The number of rotatable bonds is 2. The van der Waals surface area contributed by atoms with Crippen LogP contribution >= 0.6 is 23.3 Å². The highest BCUT2D eigenvalue weighted by molar-refractivity contribution is 7.99. The van der Waals surface area contributed by atoms with E-state index in [1.54, 1.807) is 6.07 Å². The zero-order chi connectivity index (χ0) is 9.97. The van der Waals surface area contributed by atoms with E-state index in [0.717, 1.165) is 18.1 Å². The van der Waals surface area contributed by atoms with E-state index >= 15 is 0 Å². The van der Waals surface area contributed by atoms with Gasteiger partial charge in [-0.3, -0.25) is 9.69 Å². The molecule has 0 bridgehead atoms. The molecule has 1 unspecified atom stereocenters. The smallest absolute Gasteiger partial charge is 0.200 e. The molecule has 0 saturated carbocycles. The number of hydrogen-bond acceptors (Lipinski definition) is 5. The van der Waals surface area contributed by atoms with Gasteiger partial charge in [0.15, 0.2) is 5.78 Å². The molecule has 76 valence electrons. The maximum absolute atomic E-state index is 12.0. The molecule has 1 fully saturated rings. The molecule has 0 amide bonds. The van der Waals surface area contributed by atoms with Crippen LogP contribution in [0.2, 0.25) is 0 Å². The Balaban J connectivity index is 2.10. The van der Waals surface area contributed by atoms with E-state index in [4.69, 9.17) is 0 Å². The van der Waals surface area contributed by atoms with E-state index in [1.807, 2.05) is 24.2 Å². The van der Waals surface area contributed by atoms with Crippen LogP contribution in [0.25, 0.3) is 0 Å². The van der Waals surface area contributed by atoms with Crippen LogP contribution in [-0.4, -0.2) is 46.2 Å². The third-order valence-electron chi connectivity index (χ3n) is 2.39. The van der Waals surface area contributed by atoms with Crippen molar-refractivity contribution >= 4 is 29.1 Å². The minimum atomic E-state index is 0.0239. The highest BCUT2D eigenvalue weighted by atomic mass is 32.2. The van der Waals surface area contributed by atoms with Gasteiger partial charge in [-0.05, 0) is 24.6 Å². The van der Waals surface area contributed by atoms with Crippen LogP contribution < -0.4 is 0 Å². The predicted octanol–water partition coefficient (Wildman–Crippen LogP) is 1.37. The van der Waals surface area contributed by atoms with E-state index in [1.165, 1.54) is 11.5 Å². The van der Waals surface area contributed by atoms with E-state index in [2.05, 4.69) is 9.27 Å². The molecular formula is C9H12N2OS2. The van der Waals surface area contributed by atoms with Crippen molar-refractivity contribution < 1.29 is 4.79 Å². The molecule has 1 saturated heterocycles. The summed E-state index contributed by atoms with van der Waals surface area (Å²) < 4.78 is 4.08. The van der Waals surface area contributed by atoms with Gasteiger partial charge in [0.25, 0.3) is 0 Å². The Bertz CT molecular complexity index is 313. The van der Waals surface area contributed by atoms with Gasteiger partial charge in [0.2, 0.25) is 0 Å². The van der Waals surface area contributed by atoms with Gasteiger partial charge in [-0.1, -0.05) is 0 Å². The highest BCUT2D eigenvalue weighted by Crippen LogP contribution is 2.18.